The summed E-state index contributed by atoms with van der Waals surface area (Å²) in [5, 5.41) is 0. The van der Waals surface area contributed by atoms with Gasteiger partial charge in [-0.25, -0.2) is 0 Å². The van der Waals surface area contributed by atoms with Crippen molar-refractivity contribution < 1.29 is 9.53 Å². The first-order valence-electron chi connectivity index (χ1n) is 7.62. The van der Waals surface area contributed by atoms with Crippen molar-refractivity contribution in [3.63, 3.8) is 0 Å². The molecule has 4 heteroatoms. The maximum atomic E-state index is 12.2. The quantitative estimate of drug-likeness (QED) is 0.728. The van der Waals surface area contributed by atoms with E-state index in [0.29, 0.717) is 5.92 Å². The SMILES string of the molecule is COC(=O)C(C1CCN(C)CC1)N1CCC(C)CC1. The molecule has 0 aromatic rings. The topological polar surface area (TPSA) is 32.8 Å². The summed E-state index contributed by atoms with van der Waals surface area (Å²) in [6, 6.07) is -0.00815. The molecule has 0 bridgehead atoms. The van der Waals surface area contributed by atoms with E-state index in [9.17, 15) is 4.79 Å². The molecule has 0 radical (unpaired) electrons. The second-order valence-corrected chi connectivity index (χ2v) is 6.33. The van der Waals surface area contributed by atoms with Crippen LogP contribution in [0.2, 0.25) is 0 Å². The number of hydrogen-bond acceptors (Lipinski definition) is 4. The molecule has 0 spiro atoms. The molecule has 0 N–H and O–H groups in total. The van der Waals surface area contributed by atoms with Gasteiger partial charge in [0.1, 0.15) is 6.04 Å². The highest BCUT2D eigenvalue weighted by Gasteiger charge is 2.37. The smallest absolute Gasteiger partial charge is 0.323 e. The van der Waals surface area contributed by atoms with Crippen molar-refractivity contribution in [2.45, 2.75) is 38.6 Å². The van der Waals surface area contributed by atoms with Crippen molar-refractivity contribution in [2.24, 2.45) is 11.8 Å². The van der Waals surface area contributed by atoms with Gasteiger partial charge in [0, 0.05) is 0 Å². The zero-order valence-corrected chi connectivity index (χ0v) is 12.6. The normalized spacial score (nSPS) is 26.3. The third-order valence-corrected chi connectivity index (χ3v) is 4.86. The molecule has 0 amide bonds. The first-order valence-corrected chi connectivity index (χ1v) is 7.62. The Morgan fingerprint density at radius 1 is 1.11 bits per heavy atom. The number of likely N-dealkylation sites (tertiary alicyclic amines) is 2. The molecule has 2 rings (SSSR count). The van der Waals surface area contributed by atoms with Crippen molar-refractivity contribution in [1.29, 1.82) is 0 Å². The van der Waals surface area contributed by atoms with Crippen LogP contribution in [-0.4, -0.2) is 62.1 Å². The van der Waals surface area contributed by atoms with Gasteiger partial charge in [-0.2, -0.15) is 0 Å². The van der Waals surface area contributed by atoms with E-state index < -0.39 is 0 Å². The van der Waals surface area contributed by atoms with Crippen LogP contribution in [-0.2, 0) is 9.53 Å². The second-order valence-electron chi connectivity index (χ2n) is 6.33. The number of piperidine rings is 2. The van der Waals surface area contributed by atoms with E-state index in [1.165, 1.54) is 20.0 Å². The Kier molecular flexibility index (Phi) is 5.22. The van der Waals surface area contributed by atoms with Gasteiger partial charge in [0.05, 0.1) is 7.11 Å². The summed E-state index contributed by atoms with van der Waals surface area (Å²) in [5.74, 6) is 1.24. The van der Waals surface area contributed by atoms with Gasteiger partial charge >= 0.3 is 5.97 Å². The number of rotatable bonds is 3. The summed E-state index contributed by atoms with van der Waals surface area (Å²) in [7, 11) is 3.68. The van der Waals surface area contributed by atoms with E-state index in [2.05, 4.69) is 23.8 Å². The molecule has 0 aromatic carbocycles. The summed E-state index contributed by atoms with van der Waals surface area (Å²) in [4.78, 5) is 16.9. The Labute approximate surface area is 117 Å². The molecule has 2 fully saturated rings. The molecule has 2 heterocycles. The van der Waals surface area contributed by atoms with Gasteiger partial charge in [-0.3, -0.25) is 9.69 Å². The number of esters is 1. The van der Waals surface area contributed by atoms with Gasteiger partial charge in [-0.15, -0.1) is 0 Å². The van der Waals surface area contributed by atoms with Crippen LogP contribution in [0, 0.1) is 11.8 Å². The summed E-state index contributed by atoms with van der Waals surface area (Å²) in [6.07, 6.45) is 4.64. The fourth-order valence-electron chi connectivity index (χ4n) is 3.41. The highest BCUT2D eigenvalue weighted by atomic mass is 16.5. The summed E-state index contributed by atoms with van der Waals surface area (Å²) >= 11 is 0. The minimum absolute atomic E-state index is 0.00815. The molecule has 1 atom stereocenters. The zero-order valence-electron chi connectivity index (χ0n) is 12.6. The molecule has 0 aliphatic carbocycles. The van der Waals surface area contributed by atoms with E-state index in [1.807, 2.05) is 0 Å². The Bertz CT molecular complexity index is 271. The molecule has 2 aliphatic rings. The molecule has 4 nitrogen and oxygen atoms in total. The van der Waals surface area contributed by atoms with E-state index in [4.69, 9.17) is 4.74 Å². The maximum Gasteiger partial charge on any atom is 0.323 e. The monoisotopic (exact) mass is 268 g/mol. The first kappa shape index (κ1) is 14.8. The molecule has 2 aliphatic heterocycles. The average Bonchev–Trinajstić information content (AvgIpc) is 2.43. The van der Waals surface area contributed by atoms with Crippen LogP contribution >= 0.6 is 0 Å². The van der Waals surface area contributed by atoms with Crippen molar-refractivity contribution in [3.8, 4) is 0 Å². The third-order valence-electron chi connectivity index (χ3n) is 4.86. The first-order chi connectivity index (χ1) is 9.11. The number of carbonyl (C=O) groups is 1. The van der Waals surface area contributed by atoms with Crippen LogP contribution in [0.15, 0.2) is 0 Å². The fourth-order valence-corrected chi connectivity index (χ4v) is 3.41. The summed E-state index contributed by atoms with van der Waals surface area (Å²) < 4.78 is 5.08. The lowest BCUT2D eigenvalue weighted by atomic mass is 9.86. The van der Waals surface area contributed by atoms with Crippen molar-refractivity contribution >= 4 is 5.97 Å². The van der Waals surface area contributed by atoms with E-state index >= 15 is 0 Å². The average molecular weight is 268 g/mol. The standard InChI is InChI=1S/C15H28N2O2/c1-12-4-10-17(11-5-12)14(15(18)19-3)13-6-8-16(2)9-7-13/h12-14H,4-11H2,1-3H3. The molecule has 2 saturated heterocycles. The summed E-state index contributed by atoms with van der Waals surface area (Å²) in [6.45, 7) is 6.60. The molecule has 1 unspecified atom stereocenters. The van der Waals surface area contributed by atoms with Crippen LogP contribution in [0.5, 0.6) is 0 Å². The molecule has 0 saturated carbocycles. The lowest BCUT2D eigenvalue weighted by Crippen LogP contribution is -2.52. The Morgan fingerprint density at radius 3 is 2.21 bits per heavy atom. The van der Waals surface area contributed by atoms with Gasteiger partial charge in [0.25, 0.3) is 0 Å². The summed E-state index contributed by atoms with van der Waals surface area (Å²) in [5.41, 5.74) is 0. The van der Waals surface area contributed by atoms with Crippen LogP contribution in [0.3, 0.4) is 0 Å². The number of methoxy groups -OCH3 is 1. The molecule has 110 valence electrons. The minimum Gasteiger partial charge on any atom is -0.468 e. The molecular formula is C15H28N2O2. The Hall–Kier alpha value is -0.610. The van der Waals surface area contributed by atoms with E-state index in [-0.39, 0.29) is 12.0 Å². The Morgan fingerprint density at radius 2 is 1.68 bits per heavy atom. The van der Waals surface area contributed by atoms with Crippen LogP contribution in [0.4, 0.5) is 0 Å². The lowest BCUT2D eigenvalue weighted by molar-refractivity contribution is -0.150. The number of nitrogens with zero attached hydrogens (tertiary/aromatic N) is 2. The minimum atomic E-state index is -0.0240. The van der Waals surface area contributed by atoms with Gasteiger partial charge in [0.15, 0.2) is 0 Å². The van der Waals surface area contributed by atoms with Gasteiger partial charge in [0.2, 0.25) is 0 Å². The van der Waals surface area contributed by atoms with E-state index in [1.54, 1.807) is 0 Å². The van der Waals surface area contributed by atoms with Crippen molar-refractivity contribution in [3.05, 3.63) is 0 Å². The predicted molar refractivity (Wildman–Crippen MR) is 76.0 cm³/mol. The van der Waals surface area contributed by atoms with Crippen molar-refractivity contribution in [1.82, 2.24) is 9.80 Å². The van der Waals surface area contributed by atoms with Gasteiger partial charge in [-0.1, -0.05) is 6.92 Å². The van der Waals surface area contributed by atoms with Crippen LogP contribution in [0.1, 0.15) is 32.6 Å². The lowest BCUT2D eigenvalue weighted by Gasteiger charge is -2.41. The maximum absolute atomic E-state index is 12.2. The zero-order chi connectivity index (χ0) is 13.8. The number of hydrogen-bond donors (Lipinski definition) is 0. The highest BCUT2D eigenvalue weighted by Crippen LogP contribution is 2.28. The molecule has 19 heavy (non-hydrogen) atoms. The van der Waals surface area contributed by atoms with Gasteiger partial charge in [-0.05, 0) is 70.7 Å². The highest BCUT2D eigenvalue weighted by molar-refractivity contribution is 5.76. The Balaban J connectivity index is 2.01. The largest absolute Gasteiger partial charge is 0.468 e. The number of carbonyl (C=O) groups excluding carboxylic acids is 1. The van der Waals surface area contributed by atoms with Crippen LogP contribution in [0.25, 0.3) is 0 Å². The van der Waals surface area contributed by atoms with Crippen molar-refractivity contribution in [2.75, 3.05) is 40.3 Å². The third kappa shape index (κ3) is 3.69. The van der Waals surface area contributed by atoms with E-state index in [0.717, 1.165) is 44.9 Å². The second kappa shape index (κ2) is 6.71. The van der Waals surface area contributed by atoms with Gasteiger partial charge < -0.3 is 9.64 Å². The molecular weight excluding hydrogens is 240 g/mol. The molecule has 0 aromatic heterocycles. The fraction of sp³-hybridized carbons (Fsp3) is 0.933. The number of ether oxygens (including phenoxy) is 1. The predicted octanol–water partition coefficient (Wildman–Crippen LogP) is 1.60. The van der Waals surface area contributed by atoms with Crippen LogP contribution < -0.4 is 0 Å².